The Morgan fingerprint density at radius 3 is 2.70 bits per heavy atom. The molecule has 2 aromatic carbocycles. The molecule has 20 heavy (non-hydrogen) atoms. The molecule has 0 heterocycles. The molecular formula is C17H19NOS. The SMILES string of the molecule is CCCc1ccccc1NC(=O)c1cc(S)ccc1C. The van der Waals surface area contributed by atoms with Gasteiger partial charge in [-0.15, -0.1) is 12.6 Å². The van der Waals surface area contributed by atoms with E-state index in [9.17, 15) is 4.79 Å². The molecule has 2 aromatic rings. The molecule has 2 nitrogen and oxygen atoms in total. The predicted molar refractivity (Wildman–Crippen MR) is 86.8 cm³/mol. The van der Waals surface area contributed by atoms with Gasteiger partial charge in [-0.25, -0.2) is 0 Å². The molecule has 1 N–H and O–H groups in total. The van der Waals surface area contributed by atoms with Gasteiger partial charge in [0.05, 0.1) is 0 Å². The molecular weight excluding hydrogens is 266 g/mol. The summed E-state index contributed by atoms with van der Waals surface area (Å²) in [5.74, 6) is -0.0815. The molecule has 0 aliphatic carbocycles. The normalized spacial score (nSPS) is 10.3. The van der Waals surface area contributed by atoms with Gasteiger partial charge in [-0.1, -0.05) is 37.6 Å². The topological polar surface area (TPSA) is 29.1 Å². The number of aryl methyl sites for hydroxylation is 2. The highest BCUT2D eigenvalue weighted by Crippen LogP contribution is 2.20. The number of carbonyl (C=O) groups excluding carboxylic acids is 1. The van der Waals surface area contributed by atoms with Crippen LogP contribution >= 0.6 is 12.6 Å². The second-order valence-electron chi connectivity index (χ2n) is 4.86. The third-order valence-corrected chi connectivity index (χ3v) is 3.53. The quantitative estimate of drug-likeness (QED) is 0.796. The molecule has 2 rings (SSSR count). The molecule has 0 aliphatic rings. The van der Waals surface area contributed by atoms with E-state index in [4.69, 9.17) is 0 Å². The van der Waals surface area contributed by atoms with Gasteiger partial charge in [-0.05, 0) is 42.7 Å². The number of anilines is 1. The Bertz CT molecular complexity index is 622. The number of para-hydroxylation sites is 1. The fourth-order valence-corrected chi connectivity index (χ4v) is 2.38. The van der Waals surface area contributed by atoms with Gasteiger partial charge >= 0.3 is 0 Å². The van der Waals surface area contributed by atoms with Crippen molar-refractivity contribution in [2.45, 2.75) is 31.6 Å². The summed E-state index contributed by atoms with van der Waals surface area (Å²) < 4.78 is 0. The van der Waals surface area contributed by atoms with E-state index in [2.05, 4.69) is 30.9 Å². The largest absolute Gasteiger partial charge is 0.322 e. The highest BCUT2D eigenvalue weighted by molar-refractivity contribution is 7.80. The van der Waals surface area contributed by atoms with Crippen molar-refractivity contribution >= 4 is 24.2 Å². The second-order valence-corrected chi connectivity index (χ2v) is 5.38. The lowest BCUT2D eigenvalue weighted by molar-refractivity contribution is 0.102. The molecule has 0 radical (unpaired) electrons. The smallest absolute Gasteiger partial charge is 0.255 e. The van der Waals surface area contributed by atoms with E-state index in [1.165, 1.54) is 5.56 Å². The van der Waals surface area contributed by atoms with Gasteiger partial charge in [0.2, 0.25) is 0 Å². The monoisotopic (exact) mass is 285 g/mol. The van der Waals surface area contributed by atoms with Crippen LogP contribution in [0, 0.1) is 6.92 Å². The molecule has 0 saturated carbocycles. The summed E-state index contributed by atoms with van der Waals surface area (Å²) in [6.07, 6.45) is 2.01. The average molecular weight is 285 g/mol. The van der Waals surface area contributed by atoms with Gasteiger partial charge in [0.15, 0.2) is 0 Å². The van der Waals surface area contributed by atoms with Crippen molar-refractivity contribution in [3.8, 4) is 0 Å². The summed E-state index contributed by atoms with van der Waals surface area (Å²) >= 11 is 4.30. The third kappa shape index (κ3) is 3.42. The molecule has 0 aliphatic heterocycles. The minimum absolute atomic E-state index is 0.0815. The van der Waals surface area contributed by atoms with E-state index in [0.717, 1.165) is 29.0 Å². The summed E-state index contributed by atoms with van der Waals surface area (Å²) in [5, 5.41) is 3.01. The molecule has 1 amide bonds. The molecule has 104 valence electrons. The van der Waals surface area contributed by atoms with Crippen molar-refractivity contribution in [2.75, 3.05) is 5.32 Å². The zero-order valence-electron chi connectivity index (χ0n) is 11.8. The Kier molecular flexibility index (Phi) is 4.85. The number of amides is 1. The maximum atomic E-state index is 12.4. The number of rotatable bonds is 4. The molecule has 3 heteroatoms. The summed E-state index contributed by atoms with van der Waals surface area (Å²) in [7, 11) is 0. The molecule has 0 atom stereocenters. The number of thiol groups is 1. The van der Waals surface area contributed by atoms with Crippen molar-refractivity contribution < 1.29 is 4.79 Å². The van der Waals surface area contributed by atoms with Crippen molar-refractivity contribution in [1.29, 1.82) is 0 Å². The lowest BCUT2D eigenvalue weighted by atomic mass is 10.1. The standard InChI is InChI=1S/C17H19NOS/c1-3-6-13-7-4-5-8-16(13)18-17(19)15-11-14(20)10-9-12(15)2/h4-5,7-11,20H,3,6H2,1-2H3,(H,18,19). The first-order chi connectivity index (χ1) is 9.61. The van der Waals surface area contributed by atoms with Gasteiger partial charge < -0.3 is 5.32 Å². The van der Waals surface area contributed by atoms with Crippen LogP contribution in [0.25, 0.3) is 0 Å². The van der Waals surface area contributed by atoms with Crippen LogP contribution in [0.2, 0.25) is 0 Å². The highest BCUT2D eigenvalue weighted by Gasteiger charge is 2.11. The average Bonchev–Trinajstić information content (AvgIpc) is 2.44. The number of benzene rings is 2. The summed E-state index contributed by atoms with van der Waals surface area (Å²) in [6.45, 7) is 4.06. The Balaban J connectivity index is 2.26. The van der Waals surface area contributed by atoms with Gasteiger partial charge in [0, 0.05) is 16.1 Å². The Hall–Kier alpha value is -1.74. The van der Waals surface area contributed by atoms with E-state index < -0.39 is 0 Å². The molecule has 0 saturated heterocycles. The summed E-state index contributed by atoms with van der Waals surface area (Å²) in [5.41, 5.74) is 3.68. The highest BCUT2D eigenvalue weighted by atomic mass is 32.1. The fourth-order valence-electron chi connectivity index (χ4n) is 2.17. The van der Waals surface area contributed by atoms with E-state index >= 15 is 0 Å². The zero-order valence-corrected chi connectivity index (χ0v) is 12.7. The third-order valence-electron chi connectivity index (χ3n) is 3.25. The first-order valence-corrected chi connectivity index (χ1v) is 7.25. The van der Waals surface area contributed by atoms with Crippen LogP contribution in [0.5, 0.6) is 0 Å². The Morgan fingerprint density at radius 2 is 1.95 bits per heavy atom. The minimum Gasteiger partial charge on any atom is -0.322 e. The lowest BCUT2D eigenvalue weighted by Gasteiger charge is -2.12. The fraction of sp³-hybridized carbons (Fsp3) is 0.235. The minimum atomic E-state index is -0.0815. The Labute approximate surface area is 125 Å². The van der Waals surface area contributed by atoms with Crippen LogP contribution in [0.15, 0.2) is 47.4 Å². The van der Waals surface area contributed by atoms with Gasteiger partial charge in [0.1, 0.15) is 0 Å². The van der Waals surface area contributed by atoms with Crippen LogP contribution in [0.3, 0.4) is 0 Å². The van der Waals surface area contributed by atoms with Crippen molar-refractivity contribution in [1.82, 2.24) is 0 Å². The Morgan fingerprint density at radius 1 is 1.20 bits per heavy atom. The number of nitrogens with one attached hydrogen (secondary N) is 1. The van der Waals surface area contributed by atoms with E-state index in [1.807, 2.05) is 37.3 Å². The van der Waals surface area contributed by atoms with Crippen LogP contribution < -0.4 is 5.32 Å². The van der Waals surface area contributed by atoms with Crippen molar-refractivity contribution in [3.05, 3.63) is 59.2 Å². The van der Waals surface area contributed by atoms with Crippen LogP contribution in [-0.2, 0) is 6.42 Å². The van der Waals surface area contributed by atoms with E-state index in [0.29, 0.717) is 5.56 Å². The molecule has 0 bridgehead atoms. The second kappa shape index (κ2) is 6.62. The van der Waals surface area contributed by atoms with Gasteiger partial charge in [0.25, 0.3) is 5.91 Å². The van der Waals surface area contributed by atoms with Crippen LogP contribution in [0.4, 0.5) is 5.69 Å². The maximum Gasteiger partial charge on any atom is 0.255 e. The van der Waals surface area contributed by atoms with Crippen molar-refractivity contribution in [3.63, 3.8) is 0 Å². The number of hydrogen-bond acceptors (Lipinski definition) is 2. The zero-order chi connectivity index (χ0) is 14.5. The van der Waals surface area contributed by atoms with Crippen LogP contribution in [0.1, 0.15) is 34.8 Å². The summed E-state index contributed by atoms with van der Waals surface area (Å²) in [4.78, 5) is 13.2. The maximum absolute atomic E-state index is 12.4. The first-order valence-electron chi connectivity index (χ1n) is 6.80. The van der Waals surface area contributed by atoms with Crippen molar-refractivity contribution in [2.24, 2.45) is 0 Å². The van der Waals surface area contributed by atoms with Gasteiger partial charge in [-0.2, -0.15) is 0 Å². The molecule has 0 spiro atoms. The lowest BCUT2D eigenvalue weighted by Crippen LogP contribution is -2.14. The van der Waals surface area contributed by atoms with Gasteiger partial charge in [-0.3, -0.25) is 4.79 Å². The molecule has 0 aromatic heterocycles. The summed E-state index contributed by atoms with van der Waals surface area (Å²) in [6, 6.07) is 13.5. The number of hydrogen-bond donors (Lipinski definition) is 2. The predicted octanol–water partition coefficient (Wildman–Crippen LogP) is 4.49. The molecule has 0 unspecified atom stereocenters. The van der Waals surface area contributed by atoms with Crippen LogP contribution in [-0.4, -0.2) is 5.91 Å². The van der Waals surface area contributed by atoms with E-state index in [1.54, 1.807) is 6.07 Å². The molecule has 0 fully saturated rings. The number of carbonyl (C=O) groups is 1. The first kappa shape index (κ1) is 14.7. The van der Waals surface area contributed by atoms with E-state index in [-0.39, 0.29) is 5.91 Å².